The normalized spacial score (nSPS) is 11.0. The number of allylic oxidation sites excluding steroid dienone is 2. The van der Waals surface area contributed by atoms with Gasteiger partial charge in [-0.15, -0.1) is 0 Å². The van der Waals surface area contributed by atoms with Crippen LogP contribution in [0.15, 0.2) is 67.3 Å². The third-order valence-corrected chi connectivity index (χ3v) is 3.92. The van der Waals surface area contributed by atoms with Crippen molar-refractivity contribution >= 4 is 28.9 Å². The molecule has 118 valence electrons. The van der Waals surface area contributed by atoms with Crippen molar-refractivity contribution in [3.63, 3.8) is 0 Å². The maximum Gasteiger partial charge on any atom is 0.138 e. The first-order valence-corrected chi connectivity index (χ1v) is 8.02. The molecule has 0 N–H and O–H groups in total. The monoisotopic (exact) mass is 353 g/mol. The van der Waals surface area contributed by atoms with Crippen LogP contribution in [0.1, 0.15) is 11.1 Å². The van der Waals surface area contributed by atoms with Crippen molar-refractivity contribution in [2.45, 2.75) is 6.42 Å². The number of nitrogens with zero attached hydrogens (tertiary/aromatic N) is 3. The molecule has 1 aromatic heterocycles. The Morgan fingerprint density at radius 2 is 1.96 bits per heavy atom. The van der Waals surface area contributed by atoms with Crippen LogP contribution in [0.5, 0.6) is 0 Å². The fraction of sp³-hybridized carbons (Fsp3) is 0.0526. The van der Waals surface area contributed by atoms with Gasteiger partial charge in [0.1, 0.15) is 12.7 Å². The van der Waals surface area contributed by atoms with E-state index in [4.69, 9.17) is 23.2 Å². The first-order chi connectivity index (χ1) is 11.7. The summed E-state index contributed by atoms with van der Waals surface area (Å²) in [4.78, 5) is 4.00. The highest BCUT2D eigenvalue weighted by Gasteiger charge is 2.07. The molecule has 1 heterocycles. The predicted octanol–water partition coefficient (Wildman–Crippen LogP) is 4.72. The second-order valence-electron chi connectivity index (χ2n) is 5.02. The van der Waals surface area contributed by atoms with Gasteiger partial charge in [0.15, 0.2) is 0 Å². The Balaban J connectivity index is 1.90. The van der Waals surface area contributed by atoms with Gasteiger partial charge in [0.25, 0.3) is 0 Å². The number of rotatable bonds is 3. The molecule has 0 fully saturated rings. The maximum atomic E-state index is 6.27. The van der Waals surface area contributed by atoms with Gasteiger partial charge in [0, 0.05) is 28.1 Å². The highest BCUT2D eigenvalue weighted by molar-refractivity contribution is 6.35. The van der Waals surface area contributed by atoms with E-state index in [0.717, 1.165) is 16.8 Å². The van der Waals surface area contributed by atoms with E-state index in [1.165, 1.54) is 6.33 Å². The standard InChI is InChI=1S/C19H13Cl2N3/c20-17-10-9-16(19(21)12-17)11-18(24-14-22-13-23-24)8-4-7-15-5-2-1-3-6-15/h1-3,5-6,8-10,12-14H,11H2. The largest absolute Gasteiger partial charge is 0.224 e. The molecule has 0 amide bonds. The van der Waals surface area contributed by atoms with Crippen molar-refractivity contribution < 1.29 is 0 Å². The molecule has 3 rings (SSSR count). The first kappa shape index (κ1) is 16.3. The molecule has 5 heteroatoms. The van der Waals surface area contributed by atoms with Crippen LogP contribution < -0.4 is 0 Å². The summed E-state index contributed by atoms with van der Waals surface area (Å²) in [6.07, 6.45) is 5.53. The van der Waals surface area contributed by atoms with Crippen LogP contribution in [-0.4, -0.2) is 14.8 Å². The lowest BCUT2D eigenvalue weighted by Crippen LogP contribution is -2.01. The molecule has 2 aromatic carbocycles. The average molecular weight is 354 g/mol. The van der Waals surface area contributed by atoms with E-state index in [9.17, 15) is 0 Å². The van der Waals surface area contributed by atoms with Crippen LogP contribution in [0, 0.1) is 11.8 Å². The van der Waals surface area contributed by atoms with Crippen molar-refractivity contribution in [3.05, 3.63) is 88.4 Å². The van der Waals surface area contributed by atoms with Gasteiger partial charge in [0.05, 0.1) is 5.70 Å². The van der Waals surface area contributed by atoms with Crippen molar-refractivity contribution in [1.29, 1.82) is 0 Å². The van der Waals surface area contributed by atoms with Gasteiger partial charge in [-0.25, -0.2) is 9.67 Å². The highest BCUT2D eigenvalue weighted by Crippen LogP contribution is 2.24. The summed E-state index contributed by atoms with van der Waals surface area (Å²) in [5.41, 5.74) is 2.78. The van der Waals surface area contributed by atoms with E-state index in [1.54, 1.807) is 17.1 Å². The van der Waals surface area contributed by atoms with Crippen molar-refractivity contribution in [1.82, 2.24) is 14.8 Å². The topological polar surface area (TPSA) is 30.7 Å². The number of halogens is 2. The Kier molecular flexibility index (Phi) is 5.32. The summed E-state index contributed by atoms with van der Waals surface area (Å²) in [7, 11) is 0. The molecule has 0 spiro atoms. The Morgan fingerprint density at radius 3 is 2.67 bits per heavy atom. The lowest BCUT2D eigenvalue weighted by molar-refractivity contribution is 0.871. The zero-order chi connectivity index (χ0) is 16.8. The molecule has 0 radical (unpaired) electrons. The van der Waals surface area contributed by atoms with Crippen LogP contribution in [0.4, 0.5) is 0 Å². The van der Waals surface area contributed by atoms with E-state index in [1.807, 2.05) is 48.5 Å². The number of aromatic nitrogens is 3. The zero-order valence-corrected chi connectivity index (χ0v) is 14.2. The summed E-state index contributed by atoms with van der Waals surface area (Å²) in [6.45, 7) is 0. The van der Waals surface area contributed by atoms with Gasteiger partial charge in [-0.1, -0.05) is 59.3 Å². The molecule has 0 unspecified atom stereocenters. The fourth-order valence-corrected chi connectivity index (χ4v) is 2.61. The van der Waals surface area contributed by atoms with Crippen molar-refractivity contribution in [3.8, 4) is 11.8 Å². The van der Waals surface area contributed by atoms with Gasteiger partial charge in [-0.05, 0) is 29.8 Å². The second-order valence-corrected chi connectivity index (χ2v) is 5.87. The quantitative estimate of drug-likeness (QED) is 0.637. The molecule has 0 aliphatic carbocycles. The van der Waals surface area contributed by atoms with E-state index in [0.29, 0.717) is 16.5 Å². The molecule has 24 heavy (non-hydrogen) atoms. The zero-order valence-electron chi connectivity index (χ0n) is 12.7. The predicted molar refractivity (Wildman–Crippen MR) is 97.8 cm³/mol. The lowest BCUT2D eigenvalue weighted by Gasteiger charge is -2.08. The van der Waals surface area contributed by atoms with Crippen LogP contribution in [-0.2, 0) is 6.42 Å². The molecule has 0 saturated carbocycles. The van der Waals surface area contributed by atoms with Gasteiger partial charge >= 0.3 is 0 Å². The smallest absolute Gasteiger partial charge is 0.138 e. The third-order valence-electron chi connectivity index (χ3n) is 3.33. The van der Waals surface area contributed by atoms with Gasteiger partial charge in [0.2, 0.25) is 0 Å². The van der Waals surface area contributed by atoms with E-state index < -0.39 is 0 Å². The van der Waals surface area contributed by atoms with Gasteiger partial charge in [-0.2, -0.15) is 5.10 Å². The van der Waals surface area contributed by atoms with E-state index >= 15 is 0 Å². The van der Waals surface area contributed by atoms with Crippen molar-refractivity contribution in [2.24, 2.45) is 0 Å². The molecule has 0 aliphatic rings. The number of benzene rings is 2. The van der Waals surface area contributed by atoms with E-state index in [2.05, 4.69) is 21.9 Å². The molecule has 0 bridgehead atoms. The van der Waals surface area contributed by atoms with E-state index in [-0.39, 0.29) is 0 Å². The van der Waals surface area contributed by atoms with Crippen LogP contribution in [0.2, 0.25) is 10.0 Å². The number of hydrogen-bond donors (Lipinski definition) is 0. The minimum atomic E-state index is 0.572. The summed E-state index contributed by atoms with van der Waals surface area (Å²) < 4.78 is 1.69. The summed E-state index contributed by atoms with van der Waals surface area (Å²) in [6, 6.07) is 15.3. The Labute approximate surface area is 150 Å². The maximum absolute atomic E-state index is 6.27. The minimum absolute atomic E-state index is 0.572. The average Bonchev–Trinajstić information content (AvgIpc) is 3.11. The molecule has 3 aromatic rings. The fourth-order valence-electron chi connectivity index (χ4n) is 2.14. The first-order valence-electron chi connectivity index (χ1n) is 7.27. The minimum Gasteiger partial charge on any atom is -0.224 e. The molecular formula is C19H13Cl2N3. The van der Waals surface area contributed by atoms with Crippen LogP contribution in [0.3, 0.4) is 0 Å². The van der Waals surface area contributed by atoms with Gasteiger partial charge in [-0.3, -0.25) is 0 Å². The SMILES string of the molecule is Clc1ccc(CC(=CC#Cc2ccccc2)n2cncn2)c(Cl)c1. The molecule has 0 saturated heterocycles. The molecular weight excluding hydrogens is 341 g/mol. The Morgan fingerprint density at radius 1 is 1.12 bits per heavy atom. The number of hydrogen-bond acceptors (Lipinski definition) is 2. The van der Waals surface area contributed by atoms with Crippen LogP contribution >= 0.6 is 23.2 Å². The third kappa shape index (κ3) is 4.26. The Hall–Kier alpha value is -2.54. The highest BCUT2D eigenvalue weighted by atomic mass is 35.5. The van der Waals surface area contributed by atoms with Gasteiger partial charge < -0.3 is 0 Å². The molecule has 0 aliphatic heterocycles. The Bertz CT molecular complexity index is 905. The summed E-state index contributed by atoms with van der Waals surface area (Å²) >= 11 is 12.2. The summed E-state index contributed by atoms with van der Waals surface area (Å²) in [5, 5.41) is 5.41. The van der Waals surface area contributed by atoms with Crippen LogP contribution in [0.25, 0.3) is 5.70 Å². The summed E-state index contributed by atoms with van der Waals surface area (Å²) in [5.74, 6) is 6.18. The second kappa shape index (κ2) is 7.83. The molecule has 3 nitrogen and oxygen atoms in total. The molecule has 0 atom stereocenters. The van der Waals surface area contributed by atoms with Crippen molar-refractivity contribution in [2.75, 3.05) is 0 Å². The lowest BCUT2D eigenvalue weighted by atomic mass is 10.1.